The number of rotatable bonds is 1. The maximum absolute atomic E-state index is 10.8. The molecule has 0 saturated carbocycles. The zero-order valence-corrected chi connectivity index (χ0v) is 6.69. The molecule has 1 aliphatic rings. The number of carbonyl (C=O) groups is 2. The number of hydrogen-bond donors (Lipinski definition) is 2. The van der Waals surface area contributed by atoms with Crippen LogP contribution in [0.3, 0.4) is 0 Å². The first kappa shape index (κ1) is 8.83. The van der Waals surface area contributed by atoms with Gasteiger partial charge in [0.15, 0.2) is 0 Å². The molecule has 1 rings (SSSR count). The highest BCUT2D eigenvalue weighted by atomic mass is 16.4. The fraction of sp³-hybridized carbons (Fsp3) is 0.714. The lowest BCUT2D eigenvalue weighted by Gasteiger charge is -2.31. The number of nitrogens with two attached hydrogens (primary N) is 1. The van der Waals surface area contributed by atoms with E-state index in [2.05, 4.69) is 0 Å². The fourth-order valence-corrected chi connectivity index (χ4v) is 1.45. The summed E-state index contributed by atoms with van der Waals surface area (Å²) in [6, 6.07) is -1.35. The monoisotopic (exact) mass is 172 g/mol. The fourth-order valence-electron chi connectivity index (χ4n) is 1.45. The van der Waals surface area contributed by atoms with Crippen LogP contribution in [-0.4, -0.2) is 34.6 Å². The molecule has 12 heavy (non-hydrogen) atoms. The van der Waals surface area contributed by atoms with Gasteiger partial charge < -0.3 is 15.7 Å². The number of amides is 2. The van der Waals surface area contributed by atoms with Gasteiger partial charge in [0.1, 0.15) is 6.04 Å². The van der Waals surface area contributed by atoms with Crippen molar-refractivity contribution in [1.29, 1.82) is 0 Å². The number of piperidine rings is 1. The van der Waals surface area contributed by atoms with E-state index in [1.54, 1.807) is 0 Å². The maximum Gasteiger partial charge on any atom is 0.326 e. The third kappa shape index (κ3) is 1.66. The quantitative estimate of drug-likeness (QED) is 0.584. The van der Waals surface area contributed by atoms with Crippen LogP contribution in [0.15, 0.2) is 0 Å². The molecule has 0 bridgehead atoms. The van der Waals surface area contributed by atoms with E-state index in [1.807, 2.05) is 0 Å². The Hall–Kier alpha value is -1.26. The minimum Gasteiger partial charge on any atom is -0.480 e. The lowest BCUT2D eigenvalue weighted by atomic mass is 10.0. The summed E-state index contributed by atoms with van der Waals surface area (Å²) in [6.45, 7) is 0.465. The third-order valence-corrected chi connectivity index (χ3v) is 2.07. The highest BCUT2D eigenvalue weighted by Crippen LogP contribution is 2.16. The second-order valence-electron chi connectivity index (χ2n) is 2.88. The van der Waals surface area contributed by atoms with Gasteiger partial charge in [-0.3, -0.25) is 0 Å². The number of urea groups is 1. The van der Waals surface area contributed by atoms with Gasteiger partial charge in [0, 0.05) is 6.54 Å². The molecule has 1 unspecified atom stereocenters. The number of carbonyl (C=O) groups excluding carboxylic acids is 1. The van der Waals surface area contributed by atoms with Crippen LogP contribution in [0.5, 0.6) is 0 Å². The molecule has 5 nitrogen and oxygen atoms in total. The Morgan fingerprint density at radius 2 is 2.08 bits per heavy atom. The Bertz CT molecular complexity index is 183. The molecule has 0 aliphatic carbocycles. The van der Waals surface area contributed by atoms with Crippen molar-refractivity contribution >= 4 is 12.0 Å². The second-order valence-corrected chi connectivity index (χ2v) is 2.88. The molecule has 2 amide bonds. The normalized spacial score (nSPS) is 23.7. The van der Waals surface area contributed by atoms with Gasteiger partial charge in [-0.25, -0.2) is 9.59 Å². The zero-order chi connectivity index (χ0) is 9.14. The molecule has 0 aromatic heterocycles. The van der Waals surface area contributed by atoms with Crippen molar-refractivity contribution < 1.29 is 14.7 Å². The van der Waals surface area contributed by atoms with Gasteiger partial charge in [-0.2, -0.15) is 0 Å². The average molecular weight is 172 g/mol. The van der Waals surface area contributed by atoms with E-state index in [4.69, 9.17) is 10.8 Å². The molecule has 1 saturated heterocycles. The lowest BCUT2D eigenvalue weighted by molar-refractivity contribution is -0.143. The van der Waals surface area contributed by atoms with Crippen LogP contribution in [-0.2, 0) is 4.79 Å². The van der Waals surface area contributed by atoms with Crippen LogP contribution in [0.2, 0.25) is 0 Å². The van der Waals surface area contributed by atoms with Gasteiger partial charge in [0.25, 0.3) is 0 Å². The molecule has 0 aromatic rings. The molecular formula is C7H12N2O3. The van der Waals surface area contributed by atoms with Crippen molar-refractivity contribution in [3.05, 3.63) is 0 Å². The van der Waals surface area contributed by atoms with E-state index in [1.165, 1.54) is 4.90 Å². The number of nitrogens with zero attached hydrogens (tertiary/aromatic N) is 1. The van der Waals surface area contributed by atoms with Crippen LogP contribution in [0.4, 0.5) is 4.79 Å². The summed E-state index contributed by atoms with van der Waals surface area (Å²) in [4.78, 5) is 22.6. The molecule has 0 spiro atoms. The minimum atomic E-state index is -0.964. The molecule has 1 atom stereocenters. The summed E-state index contributed by atoms with van der Waals surface area (Å²) >= 11 is 0. The minimum absolute atomic E-state index is 0.465. The smallest absolute Gasteiger partial charge is 0.326 e. The first-order chi connectivity index (χ1) is 5.63. The van der Waals surface area contributed by atoms with Gasteiger partial charge in [-0.05, 0) is 19.3 Å². The number of aliphatic carboxylic acids is 1. The number of primary amides is 1. The first-order valence-corrected chi connectivity index (χ1v) is 3.92. The highest BCUT2D eigenvalue weighted by Gasteiger charge is 2.30. The number of hydrogen-bond acceptors (Lipinski definition) is 2. The SMILES string of the molecule is NC(=O)N1CCCCC1C(=O)O. The predicted molar refractivity (Wildman–Crippen MR) is 41.6 cm³/mol. The van der Waals surface area contributed by atoms with E-state index in [0.717, 1.165) is 12.8 Å². The number of likely N-dealkylation sites (tertiary alicyclic amines) is 1. The molecule has 68 valence electrons. The third-order valence-electron chi connectivity index (χ3n) is 2.07. The van der Waals surface area contributed by atoms with Crippen LogP contribution >= 0.6 is 0 Å². The maximum atomic E-state index is 10.8. The topological polar surface area (TPSA) is 83.6 Å². The summed E-state index contributed by atoms with van der Waals surface area (Å²) in [5.41, 5.74) is 5.02. The van der Waals surface area contributed by atoms with Gasteiger partial charge >= 0.3 is 12.0 Å². The van der Waals surface area contributed by atoms with E-state index in [-0.39, 0.29) is 0 Å². The largest absolute Gasteiger partial charge is 0.480 e. The molecular weight excluding hydrogens is 160 g/mol. The number of carboxylic acid groups (broad SMARTS) is 1. The van der Waals surface area contributed by atoms with Crippen molar-refractivity contribution in [3.8, 4) is 0 Å². The Morgan fingerprint density at radius 3 is 2.50 bits per heavy atom. The van der Waals surface area contributed by atoms with Crippen molar-refractivity contribution in [2.45, 2.75) is 25.3 Å². The Balaban J connectivity index is 2.67. The van der Waals surface area contributed by atoms with E-state index < -0.39 is 18.0 Å². The van der Waals surface area contributed by atoms with E-state index >= 15 is 0 Å². The summed E-state index contributed by atoms with van der Waals surface area (Å²) < 4.78 is 0. The number of carboxylic acids is 1. The van der Waals surface area contributed by atoms with Gasteiger partial charge in [0.2, 0.25) is 0 Å². The summed E-state index contributed by atoms with van der Waals surface area (Å²) in [5.74, 6) is -0.964. The average Bonchev–Trinajstić information content (AvgIpc) is 2.04. The molecule has 1 fully saturated rings. The molecule has 1 aliphatic heterocycles. The van der Waals surface area contributed by atoms with E-state index in [9.17, 15) is 9.59 Å². The zero-order valence-electron chi connectivity index (χ0n) is 6.69. The molecule has 0 radical (unpaired) electrons. The Labute approximate surface area is 70.1 Å². The molecule has 1 heterocycles. The predicted octanol–water partition coefficient (Wildman–Crippen LogP) is 0.00420. The van der Waals surface area contributed by atoms with E-state index in [0.29, 0.717) is 13.0 Å². The molecule has 0 aromatic carbocycles. The van der Waals surface area contributed by atoms with Crippen molar-refractivity contribution in [2.75, 3.05) is 6.54 Å². The van der Waals surface area contributed by atoms with Gasteiger partial charge in [-0.1, -0.05) is 0 Å². The van der Waals surface area contributed by atoms with Crippen LogP contribution in [0, 0.1) is 0 Å². The first-order valence-electron chi connectivity index (χ1n) is 3.92. The second kappa shape index (κ2) is 3.42. The van der Waals surface area contributed by atoms with Crippen LogP contribution in [0.1, 0.15) is 19.3 Å². The highest BCUT2D eigenvalue weighted by molar-refractivity contribution is 5.81. The summed E-state index contributed by atoms with van der Waals surface area (Å²) in [7, 11) is 0. The Morgan fingerprint density at radius 1 is 1.42 bits per heavy atom. The summed E-state index contributed by atoms with van der Waals surface area (Å²) in [6.07, 6.45) is 2.20. The van der Waals surface area contributed by atoms with Crippen LogP contribution < -0.4 is 5.73 Å². The van der Waals surface area contributed by atoms with Crippen molar-refractivity contribution in [3.63, 3.8) is 0 Å². The van der Waals surface area contributed by atoms with Gasteiger partial charge in [0.05, 0.1) is 0 Å². The molecule has 5 heteroatoms. The Kier molecular flexibility index (Phi) is 2.52. The van der Waals surface area contributed by atoms with Crippen molar-refractivity contribution in [2.24, 2.45) is 5.73 Å². The van der Waals surface area contributed by atoms with Crippen molar-refractivity contribution in [1.82, 2.24) is 4.90 Å². The van der Waals surface area contributed by atoms with Gasteiger partial charge in [-0.15, -0.1) is 0 Å². The summed E-state index contributed by atoms with van der Waals surface area (Å²) in [5, 5.41) is 8.71. The lowest BCUT2D eigenvalue weighted by Crippen LogP contribution is -2.50. The molecule has 3 N–H and O–H groups in total. The van der Waals surface area contributed by atoms with Crippen LogP contribution in [0.25, 0.3) is 0 Å². The standard InChI is InChI=1S/C7H12N2O3/c8-7(12)9-4-2-1-3-5(9)6(10)11/h5H,1-4H2,(H2,8,12)(H,10,11).